The van der Waals surface area contributed by atoms with Crippen LogP contribution in [0.15, 0.2) is 47.4 Å². The first-order valence-electron chi connectivity index (χ1n) is 13.4. The quantitative estimate of drug-likeness (QED) is 0.318. The number of carbonyl (C=O) groups excluding carboxylic acids is 1. The Morgan fingerprint density at radius 2 is 1.71 bits per heavy atom. The third-order valence-electron chi connectivity index (χ3n) is 6.73. The number of aromatic nitrogens is 1. The maximum absolute atomic E-state index is 13.8. The lowest BCUT2D eigenvalue weighted by Crippen LogP contribution is -2.39. The van der Waals surface area contributed by atoms with E-state index in [4.69, 9.17) is 9.72 Å². The lowest BCUT2D eigenvalue weighted by Gasteiger charge is -2.27. The highest BCUT2D eigenvalue weighted by atomic mass is 32.2. The first-order valence-corrected chi connectivity index (χ1v) is 15.7. The fraction of sp³-hybridized carbons (Fsp3) is 0.500. The minimum Gasteiger partial charge on any atom is -0.379 e. The number of aryl methyl sites for hydroxylation is 1. The number of hydrogen-bond donors (Lipinski definition) is 0. The molecular weight excluding hydrogens is 520 g/mol. The van der Waals surface area contributed by atoms with Crippen molar-refractivity contribution < 1.29 is 17.9 Å². The second kappa shape index (κ2) is 13.1. The number of fused-ring (bicyclic) bond motifs is 1. The molecule has 38 heavy (non-hydrogen) atoms. The standard InChI is InChI=1S/C28H38N4O4S2/c1-4-14-31(15-5-2)38(34,35)24-12-10-23(11-13-24)27(33)32(17-7-16-30-18-20-36-21-19-30)28-29-26-22(3)8-6-9-25(26)37-28/h6,8-13H,4-5,7,14-21H2,1-3H3. The number of hydrogen-bond acceptors (Lipinski definition) is 7. The van der Waals surface area contributed by atoms with E-state index >= 15 is 0 Å². The van der Waals surface area contributed by atoms with Crippen LogP contribution in [0.5, 0.6) is 0 Å². The zero-order valence-corrected chi connectivity index (χ0v) is 24.2. The maximum atomic E-state index is 13.8. The van der Waals surface area contributed by atoms with Gasteiger partial charge < -0.3 is 4.74 Å². The van der Waals surface area contributed by atoms with Gasteiger partial charge >= 0.3 is 0 Å². The van der Waals surface area contributed by atoms with Gasteiger partial charge in [0.25, 0.3) is 5.91 Å². The molecule has 1 amide bonds. The number of morpholine rings is 1. The van der Waals surface area contributed by atoms with Crippen LogP contribution in [-0.2, 0) is 14.8 Å². The SMILES string of the molecule is CCCN(CCC)S(=O)(=O)c1ccc(C(=O)N(CCCN2CCOCC2)c2nc3c(C)cccc3s2)cc1. The fourth-order valence-electron chi connectivity index (χ4n) is 4.68. The molecule has 1 saturated heterocycles. The molecule has 4 rings (SSSR count). The molecule has 0 unspecified atom stereocenters. The van der Waals surface area contributed by atoms with E-state index in [2.05, 4.69) is 4.90 Å². The number of nitrogens with zero attached hydrogens (tertiary/aromatic N) is 4. The van der Waals surface area contributed by atoms with Gasteiger partial charge in [-0.1, -0.05) is 37.3 Å². The summed E-state index contributed by atoms with van der Waals surface area (Å²) in [5.41, 5.74) is 2.43. The van der Waals surface area contributed by atoms with Gasteiger partial charge in [0.05, 0.1) is 28.3 Å². The second-order valence-corrected chi connectivity index (χ2v) is 12.6. The average molecular weight is 559 g/mol. The van der Waals surface area contributed by atoms with Crippen LogP contribution in [0.4, 0.5) is 5.13 Å². The van der Waals surface area contributed by atoms with Crippen molar-refractivity contribution in [2.75, 3.05) is 57.4 Å². The molecule has 1 fully saturated rings. The normalized spacial score (nSPS) is 14.8. The van der Waals surface area contributed by atoms with Crippen molar-refractivity contribution >= 4 is 42.6 Å². The molecule has 1 aliphatic rings. The Labute approximate surface area is 230 Å². The molecule has 0 spiro atoms. The molecule has 1 aromatic heterocycles. The van der Waals surface area contributed by atoms with Gasteiger partial charge in [0.15, 0.2) is 5.13 Å². The van der Waals surface area contributed by atoms with Crippen molar-refractivity contribution in [2.45, 2.75) is 44.9 Å². The van der Waals surface area contributed by atoms with E-state index < -0.39 is 10.0 Å². The summed E-state index contributed by atoms with van der Waals surface area (Å²) < 4.78 is 34.4. The van der Waals surface area contributed by atoms with Gasteiger partial charge in [-0.25, -0.2) is 13.4 Å². The molecule has 0 atom stereocenters. The minimum atomic E-state index is -3.61. The first-order chi connectivity index (χ1) is 18.3. The number of thiazole rings is 1. The Bertz CT molecular complexity index is 1310. The van der Waals surface area contributed by atoms with Crippen LogP contribution in [0.25, 0.3) is 10.2 Å². The number of benzene rings is 2. The topological polar surface area (TPSA) is 83.1 Å². The molecule has 10 heteroatoms. The molecule has 3 aromatic rings. The van der Waals surface area contributed by atoms with Crippen molar-refractivity contribution in [1.82, 2.24) is 14.2 Å². The number of ether oxygens (including phenoxy) is 1. The Hall–Kier alpha value is -2.37. The number of carbonyl (C=O) groups is 1. The van der Waals surface area contributed by atoms with Gasteiger partial charge in [0.1, 0.15) is 0 Å². The largest absolute Gasteiger partial charge is 0.379 e. The van der Waals surface area contributed by atoms with E-state index in [-0.39, 0.29) is 10.8 Å². The molecule has 2 heterocycles. The summed E-state index contributed by atoms with van der Waals surface area (Å²) in [5, 5.41) is 0.662. The molecule has 2 aromatic carbocycles. The number of amides is 1. The molecular formula is C28H38N4O4S2. The minimum absolute atomic E-state index is 0.174. The van der Waals surface area contributed by atoms with Gasteiger partial charge in [0, 0.05) is 44.8 Å². The second-order valence-electron chi connectivity index (χ2n) is 9.61. The van der Waals surface area contributed by atoms with Crippen LogP contribution >= 0.6 is 11.3 Å². The summed E-state index contributed by atoms with van der Waals surface area (Å²) in [6.07, 6.45) is 2.30. The van der Waals surface area contributed by atoms with Crippen LogP contribution in [0.3, 0.4) is 0 Å². The fourth-order valence-corrected chi connectivity index (χ4v) is 7.37. The summed E-state index contributed by atoms with van der Waals surface area (Å²) in [4.78, 5) is 22.9. The van der Waals surface area contributed by atoms with E-state index in [0.717, 1.165) is 67.9 Å². The number of rotatable bonds is 12. The van der Waals surface area contributed by atoms with Crippen LogP contribution in [-0.4, -0.2) is 81.0 Å². The van der Waals surface area contributed by atoms with E-state index in [0.29, 0.717) is 30.3 Å². The molecule has 206 valence electrons. The average Bonchev–Trinajstić information content (AvgIpc) is 3.37. The Morgan fingerprint density at radius 3 is 2.34 bits per heavy atom. The summed E-state index contributed by atoms with van der Waals surface area (Å²) in [6, 6.07) is 12.4. The molecule has 1 aliphatic heterocycles. The lowest BCUT2D eigenvalue weighted by molar-refractivity contribution is 0.0376. The monoisotopic (exact) mass is 558 g/mol. The van der Waals surface area contributed by atoms with E-state index in [1.807, 2.05) is 39.0 Å². The van der Waals surface area contributed by atoms with Crippen molar-refractivity contribution in [3.63, 3.8) is 0 Å². The van der Waals surface area contributed by atoms with Gasteiger partial charge in [-0.3, -0.25) is 14.6 Å². The van der Waals surface area contributed by atoms with E-state index in [9.17, 15) is 13.2 Å². The molecule has 0 bridgehead atoms. The van der Waals surface area contributed by atoms with Crippen LogP contribution in [0, 0.1) is 6.92 Å². The molecule has 0 saturated carbocycles. The molecule has 8 nitrogen and oxygen atoms in total. The van der Waals surface area contributed by atoms with E-state index in [1.54, 1.807) is 29.2 Å². The molecule has 0 radical (unpaired) electrons. The smallest absolute Gasteiger partial charge is 0.260 e. The van der Waals surface area contributed by atoms with Gasteiger partial charge in [-0.15, -0.1) is 0 Å². The zero-order valence-electron chi connectivity index (χ0n) is 22.6. The summed E-state index contributed by atoms with van der Waals surface area (Å²) in [5.74, 6) is -0.174. The van der Waals surface area contributed by atoms with Gasteiger partial charge in [-0.2, -0.15) is 4.31 Å². The van der Waals surface area contributed by atoms with Gasteiger partial charge in [0.2, 0.25) is 10.0 Å². The van der Waals surface area contributed by atoms with Crippen molar-refractivity contribution in [1.29, 1.82) is 0 Å². The highest BCUT2D eigenvalue weighted by Crippen LogP contribution is 2.32. The van der Waals surface area contributed by atoms with Crippen molar-refractivity contribution in [3.05, 3.63) is 53.6 Å². The van der Waals surface area contributed by atoms with E-state index in [1.165, 1.54) is 15.6 Å². The lowest BCUT2D eigenvalue weighted by atomic mass is 10.2. The molecule has 0 aliphatic carbocycles. The summed E-state index contributed by atoms with van der Waals surface area (Å²) >= 11 is 1.51. The van der Waals surface area contributed by atoms with Crippen LogP contribution in [0.2, 0.25) is 0 Å². The molecule has 0 N–H and O–H groups in total. The third-order valence-corrected chi connectivity index (χ3v) is 9.69. The van der Waals surface area contributed by atoms with Gasteiger partial charge in [-0.05, 0) is 62.1 Å². The third kappa shape index (κ3) is 6.60. The predicted octanol–water partition coefficient (Wildman–Crippen LogP) is 4.78. The number of sulfonamides is 1. The zero-order chi connectivity index (χ0) is 27.1. The summed E-state index contributed by atoms with van der Waals surface area (Å²) in [7, 11) is -3.61. The Kier molecular flexibility index (Phi) is 9.89. The highest BCUT2D eigenvalue weighted by Gasteiger charge is 2.25. The van der Waals surface area contributed by atoms with Crippen LogP contribution < -0.4 is 4.90 Å². The predicted molar refractivity (Wildman–Crippen MR) is 154 cm³/mol. The number of anilines is 1. The Morgan fingerprint density at radius 1 is 1.03 bits per heavy atom. The van der Waals surface area contributed by atoms with Crippen molar-refractivity contribution in [2.24, 2.45) is 0 Å². The highest BCUT2D eigenvalue weighted by molar-refractivity contribution is 7.89. The Balaban J connectivity index is 1.58. The first kappa shape index (κ1) is 28.6. The van der Waals surface area contributed by atoms with Crippen molar-refractivity contribution in [3.8, 4) is 0 Å². The number of para-hydroxylation sites is 1. The van der Waals surface area contributed by atoms with Crippen LogP contribution in [0.1, 0.15) is 49.0 Å². The summed E-state index contributed by atoms with van der Waals surface area (Å²) in [6.45, 7) is 11.6. The maximum Gasteiger partial charge on any atom is 0.260 e.